The predicted molar refractivity (Wildman–Crippen MR) is 117 cm³/mol. The van der Waals surface area contributed by atoms with Crippen molar-refractivity contribution < 1.29 is 22.4 Å². The first-order valence-corrected chi connectivity index (χ1v) is 10.6. The molecule has 1 aromatic carbocycles. The molecule has 7 nitrogen and oxygen atoms in total. The topological polar surface area (TPSA) is 103 Å². The van der Waals surface area contributed by atoms with E-state index in [1.165, 1.54) is 24.3 Å². The van der Waals surface area contributed by atoms with Crippen LogP contribution in [0.4, 0.5) is 23.5 Å². The van der Waals surface area contributed by atoms with Crippen molar-refractivity contribution in [3.63, 3.8) is 0 Å². The molecule has 1 aliphatic carbocycles. The number of carbonyl (C=O) groups excluding carboxylic acids is 1. The molecule has 0 spiro atoms. The molecule has 34 heavy (non-hydrogen) atoms. The Balaban J connectivity index is 1.61. The quantitative estimate of drug-likeness (QED) is 0.545. The molecule has 2 aromatic heterocycles. The van der Waals surface area contributed by atoms with Crippen molar-refractivity contribution in [3.8, 4) is 16.9 Å². The lowest BCUT2D eigenvalue weighted by Gasteiger charge is -2.27. The van der Waals surface area contributed by atoms with Crippen LogP contribution in [0.25, 0.3) is 16.9 Å². The van der Waals surface area contributed by atoms with E-state index in [-0.39, 0.29) is 40.8 Å². The van der Waals surface area contributed by atoms with Gasteiger partial charge >= 0.3 is 6.18 Å². The number of nitrogens with one attached hydrogen (secondary N) is 1. The highest BCUT2D eigenvalue weighted by atomic mass is 19.4. The molecule has 0 atom stereocenters. The third-order valence-electron chi connectivity index (χ3n) is 5.84. The van der Waals surface area contributed by atoms with Gasteiger partial charge in [-0.2, -0.15) is 13.2 Å². The fourth-order valence-corrected chi connectivity index (χ4v) is 4.00. The van der Waals surface area contributed by atoms with E-state index in [1.54, 1.807) is 0 Å². The van der Waals surface area contributed by atoms with Crippen LogP contribution < -0.4 is 16.6 Å². The van der Waals surface area contributed by atoms with Crippen molar-refractivity contribution in [1.82, 2.24) is 14.5 Å². The first-order chi connectivity index (χ1) is 16.1. The number of amides is 1. The Morgan fingerprint density at radius 1 is 1.12 bits per heavy atom. The summed E-state index contributed by atoms with van der Waals surface area (Å²) < 4.78 is 54.7. The van der Waals surface area contributed by atoms with Crippen LogP contribution in [-0.2, 0) is 11.0 Å². The third kappa shape index (κ3) is 5.08. The van der Waals surface area contributed by atoms with Gasteiger partial charge in [-0.25, -0.2) is 14.4 Å². The first kappa shape index (κ1) is 23.4. The molecule has 0 saturated heterocycles. The molecule has 1 aliphatic rings. The zero-order valence-electron chi connectivity index (χ0n) is 17.8. The lowest BCUT2D eigenvalue weighted by Crippen LogP contribution is -2.32. The molecule has 2 heterocycles. The van der Waals surface area contributed by atoms with Crippen LogP contribution in [0.2, 0.25) is 0 Å². The van der Waals surface area contributed by atoms with Gasteiger partial charge in [0.1, 0.15) is 5.69 Å². The highest BCUT2D eigenvalue weighted by Gasteiger charge is 2.31. The first-order valence-electron chi connectivity index (χ1n) is 10.6. The highest BCUT2D eigenvalue weighted by Crippen LogP contribution is 2.30. The van der Waals surface area contributed by atoms with Gasteiger partial charge in [0.25, 0.3) is 5.56 Å². The van der Waals surface area contributed by atoms with Gasteiger partial charge < -0.3 is 11.1 Å². The minimum atomic E-state index is -4.62. The number of nitrogens with two attached hydrogens (primary N) is 1. The molecule has 3 aromatic rings. The zero-order chi connectivity index (χ0) is 24.5. The molecule has 0 aliphatic heterocycles. The predicted octanol–water partition coefficient (Wildman–Crippen LogP) is 3.91. The molecule has 0 bridgehead atoms. The van der Waals surface area contributed by atoms with Gasteiger partial charge in [-0.1, -0.05) is 12.1 Å². The normalized spacial score (nSPS) is 18.5. The molecule has 0 radical (unpaired) electrons. The fourth-order valence-electron chi connectivity index (χ4n) is 4.00. The van der Waals surface area contributed by atoms with Crippen LogP contribution in [0.1, 0.15) is 31.2 Å². The van der Waals surface area contributed by atoms with Crippen LogP contribution in [0, 0.1) is 11.7 Å². The Hall–Kier alpha value is -3.76. The van der Waals surface area contributed by atoms with E-state index in [2.05, 4.69) is 15.3 Å². The lowest BCUT2D eigenvalue weighted by molar-refractivity contribution is -0.138. The summed E-state index contributed by atoms with van der Waals surface area (Å²) in [6.07, 6.45) is -0.294. The number of primary amides is 1. The summed E-state index contributed by atoms with van der Waals surface area (Å²) in [4.78, 5) is 31.8. The van der Waals surface area contributed by atoms with E-state index < -0.39 is 23.1 Å². The van der Waals surface area contributed by atoms with Crippen LogP contribution in [0.15, 0.2) is 53.6 Å². The van der Waals surface area contributed by atoms with Crippen molar-refractivity contribution in [2.45, 2.75) is 37.9 Å². The van der Waals surface area contributed by atoms with E-state index in [9.17, 15) is 27.2 Å². The molecule has 11 heteroatoms. The Bertz CT molecular complexity index is 1270. The number of alkyl halides is 3. The number of aromatic nitrogens is 3. The summed E-state index contributed by atoms with van der Waals surface area (Å²) in [6, 6.07) is 7.39. The van der Waals surface area contributed by atoms with Gasteiger partial charge in [0.15, 0.2) is 5.82 Å². The fraction of sp³-hybridized carbons (Fsp3) is 0.304. The number of hydrogen-bond donors (Lipinski definition) is 2. The minimum absolute atomic E-state index is 0.0102. The van der Waals surface area contributed by atoms with E-state index in [1.807, 2.05) is 0 Å². The van der Waals surface area contributed by atoms with Gasteiger partial charge in [0, 0.05) is 35.5 Å². The number of halogens is 4. The Morgan fingerprint density at radius 2 is 1.85 bits per heavy atom. The minimum Gasteiger partial charge on any atom is -0.369 e. The van der Waals surface area contributed by atoms with Crippen molar-refractivity contribution in [3.05, 3.63) is 70.5 Å². The summed E-state index contributed by atoms with van der Waals surface area (Å²) in [6.45, 7) is 0. The van der Waals surface area contributed by atoms with Gasteiger partial charge in [0.2, 0.25) is 11.9 Å². The Morgan fingerprint density at radius 3 is 2.53 bits per heavy atom. The number of hydrogen-bond acceptors (Lipinski definition) is 5. The number of rotatable bonds is 5. The second-order valence-corrected chi connectivity index (χ2v) is 8.16. The number of anilines is 1. The standard InChI is InChI=1S/C23H21F4N5O2/c24-18-11-29-22(30-16-7-4-13(5-8-16)21(28)34)31-20(18)14-2-1-3-17(10-14)32-12-15(23(25,26)27)6-9-19(32)33/h1-3,6,9-13,16H,4-5,7-8H2,(H2,28,34)(H,29,30,31). The molecule has 1 fully saturated rings. The Labute approximate surface area is 191 Å². The third-order valence-corrected chi connectivity index (χ3v) is 5.84. The molecule has 0 unspecified atom stereocenters. The second-order valence-electron chi connectivity index (χ2n) is 8.16. The number of carbonyl (C=O) groups is 1. The van der Waals surface area contributed by atoms with Crippen molar-refractivity contribution in [2.24, 2.45) is 11.7 Å². The number of pyridine rings is 1. The lowest BCUT2D eigenvalue weighted by atomic mass is 9.86. The zero-order valence-corrected chi connectivity index (χ0v) is 17.8. The van der Waals surface area contributed by atoms with E-state index in [0.29, 0.717) is 37.9 Å². The average Bonchev–Trinajstić information content (AvgIpc) is 2.80. The molecule has 178 valence electrons. The Kier molecular flexibility index (Phi) is 6.36. The maximum atomic E-state index is 14.6. The monoisotopic (exact) mass is 475 g/mol. The van der Waals surface area contributed by atoms with Crippen molar-refractivity contribution in [1.29, 1.82) is 0 Å². The van der Waals surface area contributed by atoms with Crippen molar-refractivity contribution >= 4 is 11.9 Å². The number of benzene rings is 1. The number of nitrogens with zero attached hydrogens (tertiary/aromatic N) is 3. The summed E-state index contributed by atoms with van der Waals surface area (Å²) >= 11 is 0. The van der Waals surface area contributed by atoms with Crippen LogP contribution in [-0.4, -0.2) is 26.5 Å². The highest BCUT2D eigenvalue weighted by molar-refractivity contribution is 5.76. The SMILES string of the molecule is NC(=O)C1CCC(Nc2ncc(F)c(-c3cccc(-n4cc(C(F)(F)F)ccc4=O)c3)n2)CC1. The molecule has 3 N–H and O–H groups in total. The largest absolute Gasteiger partial charge is 0.417 e. The summed E-state index contributed by atoms with van der Waals surface area (Å²) in [5.74, 6) is -1.03. The van der Waals surface area contributed by atoms with Crippen LogP contribution >= 0.6 is 0 Å². The van der Waals surface area contributed by atoms with Crippen LogP contribution in [0.5, 0.6) is 0 Å². The van der Waals surface area contributed by atoms with Gasteiger partial charge in [-0.3, -0.25) is 14.2 Å². The summed E-state index contributed by atoms with van der Waals surface area (Å²) in [7, 11) is 0. The van der Waals surface area contributed by atoms with Gasteiger partial charge in [0.05, 0.1) is 11.8 Å². The van der Waals surface area contributed by atoms with Gasteiger partial charge in [-0.05, 0) is 43.9 Å². The summed E-state index contributed by atoms with van der Waals surface area (Å²) in [5.41, 5.74) is 4.04. The second kappa shape index (κ2) is 9.24. The van der Waals surface area contributed by atoms with E-state index in [0.717, 1.165) is 16.8 Å². The maximum absolute atomic E-state index is 14.6. The maximum Gasteiger partial charge on any atom is 0.417 e. The molecular weight excluding hydrogens is 454 g/mol. The van der Waals surface area contributed by atoms with E-state index >= 15 is 0 Å². The summed E-state index contributed by atoms with van der Waals surface area (Å²) in [5, 5.41) is 3.14. The molecule has 1 saturated carbocycles. The molecule has 1 amide bonds. The van der Waals surface area contributed by atoms with E-state index in [4.69, 9.17) is 5.73 Å². The smallest absolute Gasteiger partial charge is 0.369 e. The van der Waals surface area contributed by atoms with Crippen LogP contribution in [0.3, 0.4) is 0 Å². The molecule has 4 rings (SSSR count). The molecular formula is C23H21F4N5O2. The van der Waals surface area contributed by atoms with Crippen molar-refractivity contribution in [2.75, 3.05) is 5.32 Å². The average molecular weight is 475 g/mol. The van der Waals surface area contributed by atoms with Gasteiger partial charge in [-0.15, -0.1) is 0 Å².